The maximum Gasteiger partial charge on any atom is 0.212 e. The van der Waals surface area contributed by atoms with E-state index < -0.39 is 16.1 Å². The molecule has 0 radical (unpaired) electrons. The van der Waals surface area contributed by atoms with Gasteiger partial charge in [-0.2, -0.15) is 5.10 Å². The molecule has 0 aromatic carbocycles. The first-order valence-electron chi connectivity index (χ1n) is 10.8. The molecule has 0 unspecified atom stereocenters. The maximum absolute atomic E-state index is 12.7. The Hall–Kier alpha value is -1.03. The molecule has 0 aliphatic heterocycles. The topological polar surface area (TPSA) is 117 Å². The van der Waals surface area contributed by atoms with Gasteiger partial charge in [-0.1, -0.05) is 46.0 Å². The summed E-state index contributed by atoms with van der Waals surface area (Å²) in [5.41, 5.74) is 5.62. The van der Waals surface area contributed by atoms with E-state index in [0.29, 0.717) is 24.0 Å². The van der Waals surface area contributed by atoms with Gasteiger partial charge in [0.05, 0.1) is 18.3 Å². The Morgan fingerprint density at radius 1 is 1.25 bits per heavy atom. The summed E-state index contributed by atoms with van der Waals surface area (Å²) in [4.78, 5) is 6.62. The molecule has 1 atom stereocenters. The second kappa shape index (κ2) is 11.8. The Morgan fingerprint density at radius 2 is 1.96 bits per heavy atom. The Morgan fingerprint density at radius 3 is 2.57 bits per heavy atom. The standard InChI is InChI=1S/C19H38N6O2S/c1-3-25(4-2)13-8-14-28(26,27)24-17(19-21-18(15-20)22-23-19)12-11-16-9-6-5-7-10-16/h16-17,24H,3-15,20H2,1-2H3,(H,21,22,23)/t17-/m1/s1. The van der Waals surface area contributed by atoms with Gasteiger partial charge in [0, 0.05) is 0 Å². The van der Waals surface area contributed by atoms with Crippen LogP contribution in [0.1, 0.15) is 82.9 Å². The third-order valence-corrected chi connectivity index (χ3v) is 7.22. The minimum Gasteiger partial charge on any atom is -0.324 e. The third-order valence-electron chi connectivity index (χ3n) is 5.75. The molecule has 1 aliphatic carbocycles. The molecule has 0 saturated heterocycles. The van der Waals surface area contributed by atoms with Crippen molar-refractivity contribution in [1.29, 1.82) is 0 Å². The highest BCUT2D eigenvalue weighted by atomic mass is 32.2. The normalized spacial score (nSPS) is 17.3. The fourth-order valence-electron chi connectivity index (χ4n) is 3.97. The molecule has 2 rings (SSSR count). The Kier molecular flexibility index (Phi) is 9.84. The first kappa shape index (κ1) is 23.3. The van der Waals surface area contributed by atoms with E-state index in [-0.39, 0.29) is 12.3 Å². The molecule has 0 spiro atoms. The summed E-state index contributed by atoms with van der Waals surface area (Å²) >= 11 is 0. The Balaban J connectivity index is 1.96. The Labute approximate surface area is 170 Å². The fraction of sp³-hybridized carbons (Fsp3) is 0.895. The van der Waals surface area contributed by atoms with Crippen LogP contribution >= 0.6 is 0 Å². The number of hydrogen-bond acceptors (Lipinski definition) is 6. The van der Waals surface area contributed by atoms with E-state index in [9.17, 15) is 8.42 Å². The molecule has 0 amide bonds. The minimum absolute atomic E-state index is 0.123. The fourth-order valence-corrected chi connectivity index (χ4v) is 5.25. The number of aromatic amines is 1. The summed E-state index contributed by atoms with van der Waals surface area (Å²) in [5.74, 6) is 1.88. The lowest BCUT2D eigenvalue weighted by molar-refractivity contribution is 0.304. The predicted octanol–water partition coefficient (Wildman–Crippen LogP) is 2.32. The van der Waals surface area contributed by atoms with Crippen LogP contribution in [0, 0.1) is 5.92 Å². The van der Waals surface area contributed by atoms with Gasteiger partial charge in [0.15, 0.2) is 5.82 Å². The number of hydrogen-bond donors (Lipinski definition) is 3. The molecular weight excluding hydrogens is 376 g/mol. The molecule has 4 N–H and O–H groups in total. The van der Waals surface area contributed by atoms with E-state index in [2.05, 4.69) is 38.7 Å². The van der Waals surface area contributed by atoms with Crippen molar-refractivity contribution in [1.82, 2.24) is 24.8 Å². The molecule has 1 saturated carbocycles. The molecular formula is C19H38N6O2S. The van der Waals surface area contributed by atoms with Crippen molar-refractivity contribution in [3.8, 4) is 0 Å². The highest BCUT2D eigenvalue weighted by Gasteiger charge is 2.25. The van der Waals surface area contributed by atoms with Gasteiger partial charge in [-0.25, -0.2) is 18.1 Å². The Bertz CT molecular complexity index is 653. The molecule has 0 bridgehead atoms. The summed E-state index contributed by atoms with van der Waals surface area (Å²) in [7, 11) is -3.39. The first-order valence-corrected chi connectivity index (χ1v) is 12.5. The number of aromatic nitrogens is 3. The molecule has 1 aromatic heterocycles. The van der Waals surface area contributed by atoms with Gasteiger partial charge in [0.1, 0.15) is 5.82 Å². The van der Waals surface area contributed by atoms with E-state index in [0.717, 1.165) is 32.5 Å². The van der Waals surface area contributed by atoms with Crippen LogP contribution in [0.25, 0.3) is 0 Å². The van der Waals surface area contributed by atoms with Crippen LogP contribution in [-0.2, 0) is 16.6 Å². The second-order valence-corrected chi connectivity index (χ2v) is 9.67. The van der Waals surface area contributed by atoms with Crippen molar-refractivity contribution in [3.05, 3.63) is 11.6 Å². The number of sulfonamides is 1. The van der Waals surface area contributed by atoms with E-state index in [1.165, 1.54) is 32.1 Å². The smallest absolute Gasteiger partial charge is 0.212 e. The van der Waals surface area contributed by atoms with E-state index in [1.54, 1.807) is 0 Å². The van der Waals surface area contributed by atoms with Gasteiger partial charge >= 0.3 is 0 Å². The van der Waals surface area contributed by atoms with E-state index in [1.807, 2.05) is 0 Å². The van der Waals surface area contributed by atoms with Crippen molar-refractivity contribution in [2.24, 2.45) is 11.7 Å². The summed E-state index contributed by atoms with van der Waals surface area (Å²) < 4.78 is 28.2. The molecule has 1 fully saturated rings. The molecule has 28 heavy (non-hydrogen) atoms. The van der Waals surface area contributed by atoms with Crippen LogP contribution in [0.15, 0.2) is 0 Å². The van der Waals surface area contributed by atoms with E-state index in [4.69, 9.17) is 5.73 Å². The number of nitrogens with two attached hydrogens (primary N) is 1. The van der Waals surface area contributed by atoms with Crippen LogP contribution in [0.5, 0.6) is 0 Å². The van der Waals surface area contributed by atoms with Crippen molar-refractivity contribution in [2.45, 2.75) is 77.8 Å². The van der Waals surface area contributed by atoms with Crippen molar-refractivity contribution >= 4 is 10.0 Å². The monoisotopic (exact) mass is 414 g/mol. The number of nitrogens with zero attached hydrogens (tertiary/aromatic N) is 3. The van der Waals surface area contributed by atoms with Crippen molar-refractivity contribution in [3.63, 3.8) is 0 Å². The maximum atomic E-state index is 12.7. The summed E-state index contributed by atoms with van der Waals surface area (Å²) in [6.45, 7) is 7.11. The summed E-state index contributed by atoms with van der Waals surface area (Å²) in [6.07, 6.45) is 8.71. The zero-order valence-electron chi connectivity index (χ0n) is 17.5. The zero-order chi connectivity index (χ0) is 20.4. The lowest BCUT2D eigenvalue weighted by Crippen LogP contribution is -2.33. The van der Waals surface area contributed by atoms with Crippen LogP contribution < -0.4 is 10.5 Å². The van der Waals surface area contributed by atoms with Gasteiger partial charge in [-0.15, -0.1) is 0 Å². The van der Waals surface area contributed by atoms with Crippen LogP contribution in [0.3, 0.4) is 0 Å². The van der Waals surface area contributed by atoms with Gasteiger partial charge in [0.25, 0.3) is 0 Å². The lowest BCUT2D eigenvalue weighted by Gasteiger charge is -2.24. The van der Waals surface area contributed by atoms with Crippen molar-refractivity contribution in [2.75, 3.05) is 25.4 Å². The molecule has 8 nitrogen and oxygen atoms in total. The van der Waals surface area contributed by atoms with Crippen LogP contribution in [-0.4, -0.2) is 53.9 Å². The van der Waals surface area contributed by atoms with Crippen LogP contribution in [0.4, 0.5) is 0 Å². The number of rotatable bonds is 13. The highest BCUT2D eigenvalue weighted by molar-refractivity contribution is 7.89. The van der Waals surface area contributed by atoms with Crippen molar-refractivity contribution < 1.29 is 8.42 Å². The second-order valence-electron chi connectivity index (χ2n) is 7.80. The minimum atomic E-state index is -3.39. The molecule has 9 heteroatoms. The van der Waals surface area contributed by atoms with Gasteiger partial charge in [-0.3, -0.25) is 5.10 Å². The largest absolute Gasteiger partial charge is 0.324 e. The highest BCUT2D eigenvalue weighted by Crippen LogP contribution is 2.30. The molecule has 1 aromatic rings. The number of nitrogens with one attached hydrogen (secondary N) is 2. The SMILES string of the molecule is CCN(CC)CCCS(=O)(=O)N[C@H](CCC1CCCCC1)c1n[nH]c(CN)n1. The zero-order valence-corrected chi connectivity index (χ0v) is 18.3. The average molecular weight is 415 g/mol. The summed E-state index contributed by atoms with van der Waals surface area (Å²) in [5, 5.41) is 7.02. The number of H-pyrrole nitrogens is 1. The van der Waals surface area contributed by atoms with Gasteiger partial charge in [-0.05, 0) is 44.8 Å². The molecule has 1 heterocycles. The molecule has 1 aliphatic rings. The van der Waals surface area contributed by atoms with Gasteiger partial charge < -0.3 is 10.6 Å². The predicted molar refractivity (Wildman–Crippen MR) is 112 cm³/mol. The van der Waals surface area contributed by atoms with Gasteiger partial charge in [0.2, 0.25) is 10.0 Å². The quantitative estimate of drug-likeness (QED) is 0.456. The average Bonchev–Trinajstić information content (AvgIpc) is 3.18. The van der Waals surface area contributed by atoms with Crippen LogP contribution in [0.2, 0.25) is 0 Å². The third kappa shape index (κ3) is 7.77. The molecule has 162 valence electrons. The summed E-state index contributed by atoms with van der Waals surface area (Å²) in [6, 6.07) is -0.392. The lowest BCUT2D eigenvalue weighted by atomic mass is 9.85. The van der Waals surface area contributed by atoms with E-state index >= 15 is 0 Å². The first-order chi connectivity index (χ1) is 13.5.